The number of aromatic amines is 1. The average Bonchev–Trinajstić information content (AvgIpc) is 3.22. The molecule has 0 fully saturated rings. The monoisotopic (exact) mass is 438 g/mol. The minimum atomic E-state index is -0.992. The van der Waals surface area contributed by atoms with Crippen LogP contribution in [0.4, 0.5) is 0 Å². The van der Waals surface area contributed by atoms with Crippen LogP contribution in [0.1, 0.15) is 41.5 Å². The molecule has 1 atom stereocenters. The number of aromatic nitrogens is 1. The van der Waals surface area contributed by atoms with E-state index in [4.69, 9.17) is 14.2 Å². The molecule has 0 saturated heterocycles. The van der Waals surface area contributed by atoms with E-state index in [0.29, 0.717) is 35.8 Å². The average molecular weight is 438 g/mol. The molecule has 3 rings (SSSR count). The Balaban J connectivity index is 1.57. The van der Waals surface area contributed by atoms with Gasteiger partial charge in [0.05, 0.1) is 13.2 Å². The predicted octanol–water partition coefficient (Wildman–Crippen LogP) is 3.51. The lowest BCUT2D eigenvalue weighted by atomic mass is 10.1. The van der Waals surface area contributed by atoms with Gasteiger partial charge in [-0.15, -0.1) is 0 Å². The lowest BCUT2D eigenvalue weighted by Crippen LogP contribution is -2.34. The Labute approximate surface area is 185 Å². The minimum Gasteiger partial charge on any atom is -0.490 e. The number of amides is 1. The van der Waals surface area contributed by atoms with Crippen molar-refractivity contribution in [2.24, 2.45) is 0 Å². The number of ketones is 1. The number of H-pyrrole nitrogens is 1. The zero-order valence-corrected chi connectivity index (χ0v) is 18.3. The standard InChI is InChI=1S/C24H26N2O6/c1-4-30-20-11-10-16(12-21(20)31-5-2)24(29)26-14-22(27)32-15(3)23(28)18-13-25-19-9-7-6-8-17(18)19/h6-13,15,25H,4-5,14H2,1-3H3,(H,26,29). The maximum atomic E-state index is 12.7. The molecule has 0 aliphatic heterocycles. The van der Waals surface area contributed by atoms with Crippen LogP contribution in [0.2, 0.25) is 0 Å². The molecular formula is C24H26N2O6. The van der Waals surface area contributed by atoms with Crippen molar-refractivity contribution in [2.45, 2.75) is 26.9 Å². The number of carbonyl (C=O) groups is 3. The molecule has 2 aromatic carbocycles. The number of fused-ring (bicyclic) bond motifs is 1. The molecule has 1 heterocycles. The van der Waals surface area contributed by atoms with Crippen LogP contribution in [0.3, 0.4) is 0 Å². The van der Waals surface area contributed by atoms with Gasteiger partial charge in [0.2, 0.25) is 5.78 Å². The van der Waals surface area contributed by atoms with E-state index in [1.54, 1.807) is 24.4 Å². The van der Waals surface area contributed by atoms with E-state index in [-0.39, 0.29) is 12.3 Å². The Morgan fingerprint density at radius 3 is 2.47 bits per heavy atom. The first kappa shape index (κ1) is 22.9. The number of para-hydroxylation sites is 1. The highest BCUT2D eigenvalue weighted by Crippen LogP contribution is 2.28. The summed E-state index contributed by atoms with van der Waals surface area (Å²) >= 11 is 0. The third-order valence-electron chi connectivity index (χ3n) is 4.73. The lowest BCUT2D eigenvalue weighted by Gasteiger charge is -2.14. The SMILES string of the molecule is CCOc1ccc(C(=O)NCC(=O)OC(C)C(=O)c2c[nH]c3ccccc23)cc1OCC. The molecule has 0 saturated carbocycles. The molecule has 0 aliphatic rings. The van der Waals surface area contributed by atoms with E-state index in [0.717, 1.165) is 10.9 Å². The normalized spacial score (nSPS) is 11.6. The lowest BCUT2D eigenvalue weighted by molar-refractivity contribution is -0.145. The molecule has 0 spiro atoms. The van der Waals surface area contributed by atoms with Gasteiger partial charge in [0, 0.05) is 28.2 Å². The van der Waals surface area contributed by atoms with Crippen molar-refractivity contribution in [1.82, 2.24) is 10.3 Å². The van der Waals surface area contributed by atoms with Gasteiger partial charge in [-0.25, -0.2) is 0 Å². The first-order chi connectivity index (χ1) is 15.4. The summed E-state index contributed by atoms with van der Waals surface area (Å²) < 4.78 is 16.2. The van der Waals surface area contributed by atoms with Gasteiger partial charge in [0.15, 0.2) is 17.6 Å². The fourth-order valence-corrected chi connectivity index (χ4v) is 3.23. The molecule has 8 nitrogen and oxygen atoms in total. The van der Waals surface area contributed by atoms with Crippen molar-refractivity contribution in [1.29, 1.82) is 0 Å². The molecule has 32 heavy (non-hydrogen) atoms. The van der Waals surface area contributed by atoms with Gasteiger partial charge in [-0.2, -0.15) is 0 Å². The van der Waals surface area contributed by atoms with Crippen LogP contribution in [-0.2, 0) is 9.53 Å². The Hall–Kier alpha value is -3.81. The maximum Gasteiger partial charge on any atom is 0.326 e. The summed E-state index contributed by atoms with van der Waals surface area (Å²) in [5.41, 5.74) is 1.58. The molecule has 2 N–H and O–H groups in total. The second kappa shape index (κ2) is 10.5. The maximum absolute atomic E-state index is 12.7. The predicted molar refractivity (Wildman–Crippen MR) is 119 cm³/mol. The number of rotatable bonds is 10. The number of Topliss-reactive ketones (excluding diaryl/α,β-unsaturated/α-hetero) is 1. The Morgan fingerprint density at radius 1 is 1.00 bits per heavy atom. The molecule has 1 unspecified atom stereocenters. The largest absolute Gasteiger partial charge is 0.490 e. The number of ether oxygens (including phenoxy) is 3. The third kappa shape index (κ3) is 5.26. The summed E-state index contributed by atoms with van der Waals surface area (Å²) in [4.78, 5) is 40.3. The summed E-state index contributed by atoms with van der Waals surface area (Å²) in [6, 6.07) is 12.1. The Kier molecular flexibility index (Phi) is 7.49. The molecular weight excluding hydrogens is 412 g/mol. The Morgan fingerprint density at radius 2 is 1.72 bits per heavy atom. The molecule has 8 heteroatoms. The number of hydrogen-bond donors (Lipinski definition) is 2. The van der Waals surface area contributed by atoms with Crippen LogP contribution in [0.5, 0.6) is 11.5 Å². The summed E-state index contributed by atoms with van der Waals surface area (Å²) in [5.74, 6) is -0.524. The van der Waals surface area contributed by atoms with Crippen LogP contribution >= 0.6 is 0 Å². The van der Waals surface area contributed by atoms with Crippen LogP contribution < -0.4 is 14.8 Å². The van der Waals surface area contributed by atoms with Gasteiger partial charge in [0.1, 0.15) is 6.54 Å². The number of nitrogens with one attached hydrogen (secondary N) is 2. The zero-order chi connectivity index (χ0) is 23.1. The second-order valence-corrected chi connectivity index (χ2v) is 6.95. The number of hydrogen-bond acceptors (Lipinski definition) is 6. The summed E-state index contributed by atoms with van der Waals surface area (Å²) in [6.45, 7) is 5.70. The fourth-order valence-electron chi connectivity index (χ4n) is 3.23. The highest BCUT2D eigenvalue weighted by Gasteiger charge is 2.22. The second-order valence-electron chi connectivity index (χ2n) is 6.95. The van der Waals surface area contributed by atoms with Crippen LogP contribution in [0.25, 0.3) is 10.9 Å². The number of carbonyl (C=O) groups excluding carboxylic acids is 3. The van der Waals surface area contributed by atoms with Crippen LogP contribution in [-0.4, -0.2) is 48.5 Å². The van der Waals surface area contributed by atoms with Crippen LogP contribution in [0, 0.1) is 0 Å². The number of benzene rings is 2. The van der Waals surface area contributed by atoms with Crippen molar-refractivity contribution in [3.63, 3.8) is 0 Å². The van der Waals surface area contributed by atoms with E-state index in [9.17, 15) is 14.4 Å². The van der Waals surface area contributed by atoms with Gasteiger partial charge in [0.25, 0.3) is 5.91 Å². The van der Waals surface area contributed by atoms with Gasteiger partial charge in [-0.05, 0) is 45.0 Å². The van der Waals surface area contributed by atoms with Gasteiger partial charge in [-0.3, -0.25) is 14.4 Å². The van der Waals surface area contributed by atoms with E-state index in [2.05, 4.69) is 10.3 Å². The van der Waals surface area contributed by atoms with E-state index in [1.807, 2.05) is 38.1 Å². The van der Waals surface area contributed by atoms with Crippen molar-refractivity contribution in [2.75, 3.05) is 19.8 Å². The quantitative estimate of drug-likeness (QED) is 0.371. The molecule has 1 amide bonds. The van der Waals surface area contributed by atoms with Crippen molar-refractivity contribution in [3.05, 3.63) is 59.8 Å². The highest BCUT2D eigenvalue weighted by atomic mass is 16.5. The van der Waals surface area contributed by atoms with Crippen molar-refractivity contribution >= 4 is 28.6 Å². The van der Waals surface area contributed by atoms with Gasteiger partial charge < -0.3 is 24.5 Å². The fraction of sp³-hybridized carbons (Fsp3) is 0.292. The molecule has 1 aromatic heterocycles. The molecule has 0 bridgehead atoms. The van der Waals surface area contributed by atoms with Gasteiger partial charge in [-0.1, -0.05) is 18.2 Å². The van der Waals surface area contributed by atoms with E-state index < -0.39 is 18.0 Å². The van der Waals surface area contributed by atoms with Gasteiger partial charge >= 0.3 is 5.97 Å². The Bertz CT molecular complexity index is 1120. The van der Waals surface area contributed by atoms with Crippen molar-refractivity contribution < 1.29 is 28.6 Å². The molecule has 3 aromatic rings. The highest BCUT2D eigenvalue weighted by molar-refractivity contribution is 6.10. The third-order valence-corrected chi connectivity index (χ3v) is 4.73. The first-order valence-corrected chi connectivity index (χ1v) is 10.4. The molecule has 0 radical (unpaired) electrons. The summed E-state index contributed by atoms with van der Waals surface area (Å²) in [6.07, 6.45) is 0.606. The minimum absolute atomic E-state index is 0.313. The topological polar surface area (TPSA) is 107 Å². The smallest absolute Gasteiger partial charge is 0.326 e. The van der Waals surface area contributed by atoms with Crippen LogP contribution in [0.15, 0.2) is 48.7 Å². The zero-order valence-electron chi connectivity index (χ0n) is 18.3. The van der Waals surface area contributed by atoms with E-state index in [1.165, 1.54) is 6.92 Å². The molecule has 0 aliphatic carbocycles. The summed E-state index contributed by atoms with van der Waals surface area (Å²) in [7, 11) is 0. The summed E-state index contributed by atoms with van der Waals surface area (Å²) in [5, 5.41) is 3.26. The number of esters is 1. The van der Waals surface area contributed by atoms with E-state index >= 15 is 0 Å². The molecule has 168 valence electrons. The first-order valence-electron chi connectivity index (χ1n) is 10.4. The van der Waals surface area contributed by atoms with Crippen molar-refractivity contribution in [3.8, 4) is 11.5 Å².